The summed E-state index contributed by atoms with van der Waals surface area (Å²) >= 11 is 0. The molecule has 0 N–H and O–H groups in total. The number of likely N-dealkylation sites (N-methyl/N-ethyl adjacent to an activating group) is 1. The van der Waals surface area contributed by atoms with Crippen molar-refractivity contribution in [1.82, 2.24) is 4.90 Å². The number of hydrogen-bond donors (Lipinski definition) is 0. The molecule has 0 radical (unpaired) electrons. The first kappa shape index (κ1) is 18.3. The van der Waals surface area contributed by atoms with Gasteiger partial charge in [-0.2, -0.15) is 0 Å². The van der Waals surface area contributed by atoms with E-state index in [1.165, 1.54) is 0 Å². The first-order valence-corrected chi connectivity index (χ1v) is 7.50. The third-order valence-corrected chi connectivity index (χ3v) is 3.38. The molecule has 0 saturated heterocycles. The van der Waals surface area contributed by atoms with Gasteiger partial charge in [-0.15, -0.1) is 12.4 Å². The van der Waals surface area contributed by atoms with Gasteiger partial charge in [0.1, 0.15) is 12.4 Å². The third-order valence-electron chi connectivity index (χ3n) is 3.38. The number of para-hydroxylation sites is 3. The maximum atomic E-state index is 5.88. The van der Waals surface area contributed by atoms with Gasteiger partial charge in [0.05, 0.1) is 0 Å². The van der Waals surface area contributed by atoms with Crippen LogP contribution in [0, 0.1) is 0 Å². The van der Waals surface area contributed by atoms with E-state index in [4.69, 9.17) is 9.47 Å². The van der Waals surface area contributed by atoms with E-state index < -0.39 is 0 Å². The predicted octanol–water partition coefficient (Wildman–Crippen LogP) is 4.62. The van der Waals surface area contributed by atoms with Crippen molar-refractivity contribution in [3.8, 4) is 17.2 Å². The maximum Gasteiger partial charge on any atom is 0.169 e. The number of rotatable bonds is 8. The Morgan fingerprint density at radius 3 is 2.05 bits per heavy atom. The molecular formula is C18H24ClNO2. The van der Waals surface area contributed by atoms with E-state index in [-0.39, 0.29) is 12.4 Å². The molecule has 0 heterocycles. The second-order valence-electron chi connectivity index (χ2n) is 4.74. The van der Waals surface area contributed by atoms with E-state index in [2.05, 4.69) is 18.7 Å². The lowest BCUT2D eigenvalue weighted by atomic mass is 10.3. The zero-order chi connectivity index (χ0) is 14.9. The van der Waals surface area contributed by atoms with E-state index in [0.717, 1.165) is 36.9 Å². The van der Waals surface area contributed by atoms with E-state index in [9.17, 15) is 0 Å². The van der Waals surface area contributed by atoms with Gasteiger partial charge in [-0.05, 0) is 37.4 Å². The van der Waals surface area contributed by atoms with Gasteiger partial charge in [-0.1, -0.05) is 44.2 Å². The molecule has 0 aromatic heterocycles. The van der Waals surface area contributed by atoms with Gasteiger partial charge in [0.15, 0.2) is 11.5 Å². The molecule has 2 rings (SSSR count). The van der Waals surface area contributed by atoms with Gasteiger partial charge in [-0.25, -0.2) is 0 Å². The summed E-state index contributed by atoms with van der Waals surface area (Å²) in [6, 6.07) is 17.6. The minimum absolute atomic E-state index is 0. The largest absolute Gasteiger partial charge is 0.488 e. The molecule has 3 nitrogen and oxygen atoms in total. The van der Waals surface area contributed by atoms with E-state index in [0.29, 0.717) is 6.61 Å². The zero-order valence-corrected chi connectivity index (χ0v) is 14.0. The topological polar surface area (TPSA) is 21.7 Å². The molecule has 0 fully saturated rings. The minimum atomic E-state index is 0. The molecule has 0 saturated carbocycles. The molecule has 120 valence electrons. The van der Waals surface area contributed by atoms with Crippen LogP contribution in [0.25, 0.3) is 0 Å². The molecular weight excluding hydrogens is 298 g/mol. The predicted molar refractivity (Wildman–Crippen MR) is 93.5 cm³/mol. The molecule has 0 aliphatic heterocycles. The molecule has 4 heteroatoms. The maximum absolute atomic E-state index is 5.88. The Balaban J connectivity index is 0.00000242. The van der Waals surface area contributed by atoms with Gasteiger partial charge in [0, 0.05) is 6.54 Å². The van der Waals surface area contributed by atoms with E-state index in [1.807, 2.05) is 54.6 Å². The number of ether oxygens (including phenoxy) is 2. The van der Waals surface area contributed by atoms with Crippen molar-refractivity contribution in [2.75, 3.05) is 26.2 Å². The Bertz CT molecular complexity index is 530. The second kappa shape index (κ2) is 10.1. The Hall–Kier alpha value is -1.71. The number of hydrogen-bond acceptors (Lipinski definition) is 3. The third kappa shape index (κ3) is 5.58. The minimum Gasteiger partial charge on any atom is -0.488 e. The summed E-state index contributed by atoms with van der Waals surface area (Å²) in [5.41, 5.74) is 0. The first-order valence-electron chi connectivity index (χ1n) is 7.50. The van der Waals surface area contributed by atoms with Crippen LogP contribution in [-0.4, -0.2) is 31.1 Å². The molecule has 0 amide bonds. The summed E-state index contributed by atoms with van der Waals surface area (Å²) in [5.74, 6) is 2.36. The monoisotopic (exact) mass is 321 g/mol. The molecule has 22 heavy (non-hydrogen) atoms. The summed E-state index contributed by atoms with van der Waals surface area (Å²) in [6.07, 6.45) is 0. The molecule has 0 bridgehead atoms. The van der Waals surface area contributed by atoms with Crippen LogP contribution < -0.4 is 9.47 Å². The van der Waals surface area contributed by atoms with E-state index in [1.54, 1.807) is 0 Å². The van der Waals surface area contributed by atoms with Gasteiger partial charge >= 0.3 is 0 Å². The van der Waals surface area contributed by atoms with Crippen LogP contribution in [0.3, 0.4) is 0 Å². The quantitative estimate of drug-likeness (QED) is 0.708. The van der Waals surface area contributed by atoms with Crippen molar-refractivity contribution in [3.05, 3.63) is 54.6 Å². The Labute approximate surface area is 139 Å². The Morgan fingerprint density at radius 2 is 1.41 bits per heavy atom. The number of benzene rings is 2. The highest BCUT2D eigenvalue weighted by Crippen LogP contribution is 2.30. The fourth-order valence-electron chi connectivity index (χ4n) is 2.09. The lowest BCUT2D eigenvalue weighted by Gasteiger charge is -2.19. The van der Waals surface area contributed by atoms with Crippen LogP contribution >= 0.6 is 12.4 Å². The average Bonchev–Trinajstić information content (AvgIpc) is 2.54. The van der Waals surface area contributed by atoms with Crippen LogP contribution in [0.4, 0.5) is 0 Å². The number of nitrogens with zero attached hydrogens (tertiary/aromatic N) is 1. The summed E-state index contributed by atoms with van der Waals surface area (Å²) in [4.78, 5) is 2.33. The highest BCUT2D eigenvalue weighted by molar-refractivity contribution is 5.85. The van der Waals surface area contributed by atoms with Gasteiger partial charge < -0.3 is 14.4 Å². The van der Waals surface area contributed by atoms with Crippen molar-refractivity contribution >= 4 is 12.4 Å². The van der Waals surface area contributed by atoms with Crippen LogP contribution in [0.5, 0.6) is 17.2 Å². The van der Waals surface area contributed by atoms with Gasteiger partial charge in [-0.3, -0.25) is 0 Å². The molecule has 0 atom stereocenters. The van der Waals surface area contributed by atoms with Crippen molar-refractivity contribution in [2.45, 2.75) is 13.8 Å². The normalized spacial score (nSPS) is 10.1. The zero-order valence-electron chi connectivity index (χ0n) is 13.2. The van der Waals surface area contributed by atoms with Gasteiger partial charge in [0.2, 0.25) is 0 Å². The highest BCUT2D eigenvalue weighted by atomic mass is 35.5. The standard InChI is InChI=1S/C18H23NO2.ClH/c1-3-19(4-2)14-15-20-17-12-8-9-13-18(17)21-16-10-6-5-7-11-16;/h5-13H,3-4,14-15H2,1-2H3;1H. The summed E-state index contributed by atoms with van der Waals surface area (Å²) in [7, 11) is 0. The van der Waals surface area contributed by atoms with Gasteiger partial charge in [0.25, 0.3) is 0 Å². The summed E-state index contributed by atoms with van der Waals surface area (Å²) < 4.78 is 11.8. The number of halogens is 1. The average molecular weight is 322 g/mol. The SMILES string of the molecule is CCN(CC)CCOc1ccccc1Oc1ccccc1.Cl. The second-order valence-corrected chi connectivity index (χ2v) is 4.74. The highest BCUT2D eigenvalue weighted by Gasteiger charge is 2.06. The lowest BCUT2D eigenvalue weighted by molar-refractivity contribution is 0.218. The molecule has 0 unspecified atom stereocenters. The summed E-state index contributed by atoms with van der Waals surface area (Å²) in [5, 5.41) is 0. The van der Waals surface area contributed by atoms with Crippen LogP contribution in [-0.2, 0) is 0 Å². The smallest absolute Gasteiger partial charge is 0.169 e. The van der Waals surface area contributed by atoms with Crippen LogP contribution in [0.15, 0.2) is 54.6 Å². The van der Waals surface area contributed by atoms with Crippen molar-refractivity contribution in [3.63, 3.8) is 0 Å². The molecule has 0 spiro atoms. The van der Waals surface area contributed by atoms with Crippen LogP contribution in [0.2, 0.25) is 0 Å². The fourth-order valence-corrected chi connectivity index (χ4v) is 2.09. The van der Waals surface area contributed by atoms with Crippen molar-refractivity contribution < 1.29 is 9.47 Å². The van der Waals surface area contributed by atoms with E-state index >= 15 is 0 Å². The fraction of sp³-hybridized carbons (Fsp3) is 0.333. The Kier molecular flexibility index (Phi) is 8.41. The van der Waals surface area contributed by atoms with Crippen molar-refractivity contribution in [2.24, 2.45) is 0 Å². The van der Waals surface area contributed by atoms with Crippen molar-refractivity contribution in [1.29, 1.82) is 0 Å². The summed E-state index contributed by atoms with van der Waals surface area (Å²) in [6.45, 7) is 8.00. The molecule has 0 aliphatic carbocycles. The Morgan fingerprint density at radius 1 is 0.818 bits per heavy atom. The first-order chi connectivity index (χ1) is 10.3. The lowest BCUT2D eigenvalue weighted by Crippen LogP contribution is -2.27. The molecule has 2 aromatic rings. The molecule has 0 aliphatic rings. The molecule has 2 aromatic carbocycles. The van der Waals surface area contributed by atoms with Crippen LogP contribution in [0.1, 0.15) is 13.8 Å².